The summed E-state index contributed by atoms with van der Waals surface area (Å²) >= 11 is 0. The molecular formula is C14H28O6. The highest BCUT2D eigenvalue weighted by Gasteiger charge is 2.44. The first-order valence-electron chi connectivity index (χ1n) is 7.47. The van der Waals surface area contributed by atoms with Gasteiger partial charge in [0, 0.05) is 0 Å². The van der Waals surface area contributed by atoms with Crippen LogP contribution in [0.15, 0.2) is 0 Å². The first kappa shape index (κ1) is 17.8. The van der Waals surface area contributed by atoms with Crippen LogP contribution in [0.4, 0.5) is 0 Å². The van der Waals surface area contributed by atoms with E-state index in [-0.39, 0.29) is 0 Å². The molecule has 0 aromatic heterocycles. The predicted molar refractivity (Wildman–Crippen MR) is 73.0 cm³/mol. The van der Waals surface area contributed by atoms with E-state index < -0.39 is 37.3 Å². The third kappa shape index (κ3) is 4.65. The van der Waals surface area contributed by atoms with Crippen LogP contribution in [0.25, 0.3) is 0 Å². The summed E-state index contributed by atoms with van der Waals surface area (Å²) in [6.07, 6.45) is -1.68. The van der Waals surface area contributed by atoms with Crippen LogP contribution in [0.1, 0.15) is 39.5 Å². The average Bonchev–Trinajstić information content (AvgIpc) is 2.47. The van der Waals surface area contributed by atoms with Crippen molar-refractivity contribution in [1.29, 1.82) is 0 Å². The molecule has 4 N–H and O–H groups in total. The first-order valence-corrected chi connectivity index (χ1v) is 7.47. The van der Waals surface area contributed by atoms with Crippen molar-refractivity contribution >= 4 is 0 Å². The lowest BCUT2D eigenvalue weighted by Gasteiger charge is -2.40. The molecule has 6 atom stereocenters. The fourth-order valence-electron chi connectivity index (χ4n) is 2.33. The number of unbranched alkanes of at least 4 members (excludes halogenated alkanes) is 1. The van der Waals surface area contributed by atoms with Gasteiger partial charge in [0.15, 0.2) is 6.29 Å². The third-order valence-corrected chi connectivity index (χ3v) is 3.89. The van der Waals surface area contributed by atoms with E-state index in [1.165, 1.54) is 0 Å². The van der Waals surface area contributed by atoms with E-state index in [1.807, 2.05) is 0 Å². The van der Waals surface area contributed by atoms with Gasteiger partial charge in [0.1, 0.15) is 24.4 Å². The summed E-state index contributed by atoms with van der Waals surface area (Å²) in [7, 11) is 0. The van der Waals surface area contributed by atoms with Gasteiger partial charge in [0.25, 0.3) is 0 Å². The molecule has 0 amide bonds. The third-order valence-electron chi connectivity index (χ3n) is 3.89. The van der Waals surface area contributed by atoms with Crippen molar-refractivity contribution in [1.82, 2.24) is 0 Å². The molecule has 1 heterocycles. The Balaban J connectivity index is 2.48. The van der Waals surface area contributed by atoms with Crippen LogP contribution in [0, 0.1) is 5.92 Å². The van der Waals surface area contributed by atoms with Crippen molar-refractivity contribution in [3.63, 3.8) is 0 Å². The summed E-state index contributed by atoms with van der Waals surface area (Å²) in [6, 6.07) is 0. The Morgan fingerprint density at radius 2 is 1.80 bits per heavy atom. The molecule has 1 aliphatic heterocycles. The van der Waals surface area contributed by atoms with Crippen LogP contribution in [0.3, 0.4) is 0 Å². The molecule has 1 saturated heterocycles. The molecule has 1 aliphatic rings. The molecule has 6 heteroatoms. The summed E-state index contributed by atoms with van der Waals surface area (Å²) in [6.45, 7) is 4.21. The molecule has 0 saturated carbocycles. The monoisotopic (exact) mass is 292 g/mol. The van der Waals surface area contributed by atoms with E-state index in [0.717, 1.165) is 25.7 Å². The zero-order valence-electron chi connectivity index (χ0n) is 12.3. The quantitative estimate of drug-likeness (QED) is 0.503. The largest absolute Gasteiger partial charge is 0.394 e. The van der Waals surface area contributed by atoms with E-state index in [0.29, 0.717) is 12.5 Å². The van der Waals surface area contributed by atoms with Crippen molar-refractivity contribution in [3.8, 4) is 0 Å². The highest BCUT2D eigenvalue weighted by molar-refractivity contribution is 4.88. The lowest BCUT2D eigenvalue weighted by molar-refractivity contribution is -0.303. The van der Waals surface area contributed by atoms with Gasteiger partial charge >= 0.3 is 0 Å². The standard InChI is InChI=1S/C14H28O6/c1-3-5-6-9(4-2)8-19-14-13(18)12(17)11(16)10(7-15)20-14/h9-18H,3-8H2,1-2H3/t9?,10-,11+,12+,13-,14?/m1/s1. The number of rotatable bonds is 8. The van der Waals surface area contributed by atoms with Crippen LogP contribution in [0.2, 0.25) is 0 Å². The van der Waals surface area contributed by atoms with Gasteiger partial charge in [-0.25, -0.2) is 0 Å². The van der Waals surface area contributed by atoms with Crippen molar-refractivity contribution in [2.24, 2.45) is 5.92 Å². The summed E-state index contributed by atoms with van der Waals surface area (Å²) in [4.78, 5) is 0. The molecule has 0 aliphatic carbocycles. The van der Waals surface area contributed by atoms with Gasteiger partial charge in [-0.05, 0) is 12.3 Å². The van der Waals surface area contributed by atoms with Crippen molar-refractivity contribution in [2.45, 2.75) is 70.2 Å². The molecule has 1 fully saturated rings. The zero-order valence-corrected chi connectivity index (χ0v) is 12.3. The fraction of sp³-hybridized carbons (Fsp3) is 1.00. The second kappa shape index (κ2) is 8.92. The summed E-state index contributed by atoms with van der Waals surface area (Å²) in [5.74, 6) is 0.377. The smallest absolute Gasteiger partial charge is 0.186 e. The molecule has 1 rings (SSSR count). The second-order valence-corrected chi connectivity index (χ2v) is 5.45. The molecule has 6 nitrogen and oxygen atoms in total. The van der Waals surface area contributed by atoms with E-state index in [1.54, 1.807) is 0 Å². The number of ether oxygens (including phenoxy) is 2. The SMILES string of the molecule is CCCCC(CC)COC1O[C@H](CO)[C@H](O)[C@H](O)[C@H]1O. The maximum absolute atomic E-state index is 9.84. The van der Waals surface area contributed by atoms with Crippen molar-refractivity contribution in [2.75, 3.05) is 13.2 Å². The average molecular weight is 292 g/mol. The molecule has 0 spiro atoms. The van der Waals surface area contributed by atoms with E-state index in [2.05, 4.69) is 13.8 Å². The molecule has 0 aromatic carbocycles. The minimum Gasteiger partial charge on any atom is -0.394 e. The number of aliphatic hydroxyl groups excluding tert-OH is 4. The van der Waals surface area contributed by atoms with Crippen molar-refractivity contribution < 1.29 is 29.9 Å². The van der Waals surface area contributed by atoms with Gasteiger partial charge in [0.2, 0.25) is 0 Å². The maximum Gasteiger partial charge on any atom is 0.186 e. The molecule has 0 aromatic rings. The Kier molecular flexibility index (Phi) is 7.94. The normalized spacial score (nSPS) is 36.0. The Morgan fingerprint density at radius 3 is 2.35 bits per heavy atom. The highest BCUT2D eigenvalue weighted by Crippen LogP contribution is 2.23. The Morgan fingerprint density at radius 1 is 1.10 bits per heavy atom. The fourth-order valence-corrected chi connectivity index (χ4v) is 2.33. The van der Waals surface area contributed by atoms with E-state index in [9.17, 15) is 15.3 Å². The van der Waals surface area contributed by atoms with Crippen LogP contribution in [0.5, 0.6) is 0 Å². The van der Waals surface area contributed by atoms with Gasteiger partial charge in [-0.3, -0.25) is 0 Å². The van der Waals surface area contributed by atoms with Crippen LogP contribution >= 0.6 is 0 Å². The van der Waals surface area contributed by atoms with Crippen LogP contribution in [-0.2, 0) is 9.47 Å². The lowest BCUT2D eigenvalue weighted by atomic mass is 9.98. The summed E-state index contributed by atoms with van der Waals surface area (Å²) < 4.78 is 10.8. The van der Waals surface area contributed by atoms with Crippen LogP contribution in [-0.4, -0.2) is 64.3 Å². The topological polar surface area (TPSA) is 99.4 Å². The maximum atomic E-state index is 9.84. The van der Waals surface area contributed by atoms with Crippen molar-refractivity contribution in [3.05, 3.63) is 0 Å². The molecule has 20 heavy (non-hydrogen) atoms. The summed E-state index contributed by atoms with van der Waals surface area (Å²) in [5, 5.41) is 38.3. The van der Waals surface area contributed by atoms with E-state index in [4.69, 9.17) is 14.6 Å². The molecule has 120 valence electrons. The first-order chi connectivity index (χ1) is 9.54. The van der Waals surface area contributed by atoms with Gasteiger partial charge in [-0.1, -0.05) is 33.1 Å². The Hall–Kier alpha value is -0.240. The molecule has 0 radical (unpaired) electrons. The minimum absolute atomic E-state index is 0.377. The number of hydrogen-bond acceptors (Lipinski definition) is 6. The molecular weight excluding hydrogens is 264 g/mol. The molecule has 2 unspecified atom stereocenters. The lowest BCUT2D eigenvalue weighted by Crippen LogP contribution is -2.59. The zero-order chi connectivity index (χ0) is 15.1. The Labute approximate surface area is 120 Å². The molecule has 0 bridgehead atoms. The van der Waals surface area contributed by atoms with Gasteiger partial charge < -0.3 is 29.9 Å². The number of hydrogen-bond donors (Lipinski definition) is 4. The van der Waals surface area contributed by atoms with Gasteiger partial charge in [-0.15, -0.1) is 0 Å². The van der Waals surface area contributed by atoms with Gasteiger partial charge in [-0.2, -0.15) is 0 Å². The number of aliphatic hydroxyl groups is 4. The van der Waals surface area contributed by atoms with Crippen LogP contribution < -0.4 is 0 Å². The van der Waals surface area contributed by atoms with E-state index >= 15 is 0 Å². The summed E-state index contributed by atoms with van der Waals surface area (Å²) in [5.41, 5.74) is 0. The Bertz CT molecular complexity index is 260. The second-order valence-electron chi connectivity index (χ2n) is 5.45. The van der Waals surface area contributed by atoms with Gasteiger partial charge in [0.05, 0.1) is 13.2 Å². The predicted octanol–water partition coefficient (Wildman–Crippen LogP) is 0.0193. The highest BCUT2D eigenvalue weighted by atomic mass is 16.7. The minimum atomic E-state index is -1.37.